The molecule has 0 fully saturated rings. The lowest BCUT2D eigenvalue weighted by Crippen LogP contribution is -2.20. The van der Waals surface area contributed by atoms with Gasteiger partial charge in [0.05, 0.1) is 5.69 Å². The Bertz CT molecular complexity index is 657. The van der Waals surface area contributed by atoms with Gasteiger partial charge < -0.3 is 15.8 Å². The van der Waals surface area contributed by atoms with Crippen LogP contribution < -0.4 is 15.8 Å². The number of rotatable bonds is 4. The number of halogens is 3. The molecule has 0 heterocycles. The Morgan fingerprint density at radius 3 is 2.52 bits per heavy atom. The van der Waals surface area contributed by atoms with Gasteiger partial charge in [-0.25, -0.2) is 0 Å². The fourth-order valence-corrected chi connectivity index (χ4v) is 3.19. The molecule has 0 aromatic heterocycles. The molecule has 0 unspecified atom stereocenters. The fourth-order valence-electron chi connectivity index (χ4n) is 1.59. The lowest BCUT2D eigenvalue weighted by molar-refractivity contribution is -0.118. The topological polar surface area (TPSA) is 64.3 Å². The van der Waals surface area contributed by atoms with Crippen LogP contribution in [0.4, 0.5) is 11.4 Å². The number of ether oxygens (including phenoxy) is 1. The largest absolute Gasteiger partial charge is 0.484 e. The van der Waals surface area contributed by atoms with E-state index in [1.165, 1.54) is 0 Å². The van der Waals surface area contributed by atoms with Crippen LogP contribution in [0.25, 0.3) is 0 Å². The second kappa shape index (κ2) is 7.15. The van der Waals surface area contributed by atoms with E-state index >= 15 is 0 Å². The number of hydrogen-bond acceptors (Lipinski definition) is 3. The van der Waals surface area contributed by atoms with E-state index < -0.39 is 0 Å². The van der Waals surface area contributed by atoms with Gasteiger partial charge in [-0.1, -0.05) is 17.7 Å². The number of anilines is 2. The number of benzene rings is 2. The van der Waals surface area contributed by atoms with Crippen molar-refractivity contribution >= 4 is 60.7 Å². The van der Waals surface area contributed by atoms with Crippen molar-refractivity contribution in [2.24, 2.45) is 0 Å². The van der Waals surface area contributed by atoms with Crippen LogP contribution in [-0.2, 0) is 4.79 Å². The summed E-state index contributed by atoms with van der Waals surface area (Å²) in [4.78, 5) is 11.9. The Kier molecular flexibility index (Phi) is 5.50. The number of amides is 1. The van der Waals surface area contributed by atoms with Gasteiger partial charge in [0.15, 0.2) is 6.61 Å². The van der Waals surface area contributed by atoms with Crippen LogP contribution in [-0.4, -0.2) is 12.5 Å². The summed E-state index contributed by atoms with van der Waals surface area (Å²) in [5.41, 5.74) is 6.88. The number of hydrogen-bond donors (Lipinski definition) is 2. The summed E-state index contributed by atoms with van der Waals surface area (Å²) in [6, 6.07) is 10.3. The monoisotopic (exact) mass is 432 g/mol. The molecule has 0 atom stereocenters. The van der Waals surface area contributed by atoms with E-state index in [2.05, 4.69) is 37.2 Å². The molecule has 3 N–H and O–H groups in total. The molecule has 0 radical (unpaired) electrons. The van der Waals surface area contributed by atoms with E-state index in [1.54, 1.807) is 36.4 Å². The van der Waals surface area contributed by atoms with Gasteiger partial charge in [0.2, 0.25) is 0 Å². The van der Waals surface area contributed by atoms with E-state index in [0.29, 0.717) is 31.1 Å². The maximum atomic E-state index is 11.9. The van der Waals surface area contributed by atoms with Gasteiger partial charge in [-0.05, 0) is 62.2 Å². The van der Waals surface area contributed by atoms with Gasteiger partial charge in [-0.2, -0.15) is 0 Å². The highest BCUT2D eigenvalue weighted by Crippen LogP contribution is 2.33. The molecule has 0 saturated heterocycles. The number of carbonyl (C=O) groups is 1. The van der Waals surface area contributed by atoms with E-state index in [1.807, 2.05) is 0 Å². The molecular formula is C14H11Br2ClN2O2. The summed E-state index contributed by atoms with van der Waals surface area (Å²) in [7, 11) is 0. The summed E-state index contributed by atoms with van der Waals surface area (Å²) in [6.07, 6.45) is 0. The average molecular weight is 435 g/mol. The van der Waals surface area contributed by atoms with E-state index in [4.69, 9.17) is 22.1 Å². The normalized spacial score (nSPS) is 10.2. The Morgan fingerprint density at radius 2 is 1.90 bits per heavy atom. The number of nitrogen functional groups attached to an aromatic ring is 1. The third kappa shape index (κ3) is 4.62. The van der Waals surface area contributed by atoms with Crippen molar-refractivity contribution in [2.75, 3.05) is 17.7 Å². The highest BCUT2D eigenvalue weighted by Gasteiger charge is 2.11. The smallest absolute Gasteiger partial charge is 0.262 e. The van der Waals surface area contributed by atoms with Crippen molar-refractivity contribution < 1.29 is 9.53 Å². The number of carbonyl (C=O) groups excluding carboxylic acids is 1. The van der Waals surface area contributed by atoms with E-state index in [0.717, 1.165) is 0 Å². The maximum Gasteiger partial charge on any atom is 0.262 e. The Labute approximate surface area is 143 Å². The molecule has 21 heavy (non-hydrogen) atoms. The predicted molar refractivity (Wildman–Crippen MR) is 91.8 cm³/mol. The molecule has 0 bridgehead atoms. The number of nitrogens with two attached hydrogens (primary N) is 1. The molecule has 7 heteroatoms. The van der Waals surface area contributed by atoms with Crippen LogP contribution in [0.2, 0.25) is 5.02 Å². The van der Waals surface area contributed by atoms with Crippen molar-refractivity contribution in [3.05, 3.63) is 50.4 Å². The molecule has 2 rings (SSSR count). The summed E-state index contributed by atoms with van der Waals surface area (Å²) in [5, 5.41) is 3.30. The summed E-state index contributed by atoms with van der Waals surface area (Å²) < 4.78 is 6.74. The molecular weight excluding hydrogens is 423 g/mol. The summed E-state index contributed by atoms with van der Waals surface area (Å²) in [5.74, 6) is 0.245. The van der Waals surface area contributed by atoms with Gasteiger partial charge in [-0.3, -0.25) is 4.79 Å². The SMILES string of the molecule is Nc1cc(Br)c(NC(=O)COc2cccc(Cl)c2)c(Br)c1. The lowest BCUT2D eigenvalue weighted by Gasteiger charge is -2.11. The minimum atomic E-state index is -0.291. The van der Waals surface area contributed by atoms with E-state index in [9.17, 15) is 4.79 Å². The predicted octanol–water partition coefficient (Wildman–Crippen LogP) is 4.46. The van der Waals surface area contributed by atoms with Crippen molar-refractivity contribution in [3.63, 3.8) is 0 Å². The van der Waals surface area contributed by atoms with Crippen LogP contribution in [0.15, 0.2) is 45.3 Å². The van der Waals surface area contributed by atoms with Crippen molar-refractivity contribution in [2.45, 2.75) is 0 Å². The third-order valence-electron chi connectivity index (χ3n) is 2.49. The van der Waals surface area contributed by atoms with Crippen molar-refractivity contribution in [1.29, 1.82) is 0 Å². The van der Waals surface area contributed by atoms with Gasteiger partial charge >= 0.3 is 0 Å². The molecule has 110 valence electrons. The molecule has 0 saturated carbocycles. The van der Waals surface area contributed by atoms with Crippen LogP contribution in [0, 0.1) is 0 Å². The standard InChI is InChI=1S/C14H11Br2ClN2O2/c15-11-5-9(18)6-12(16)14(11)19-13(20)7-21-10-3-1-2-8(17)4-10/h1-6H,7,18H2,(H,19,20). The van der Waals surface area contributed by atoms with E-state index in [-0.39, 0.29) is 12.5 Å². The van der Waals surface area contributed by atoms with Crippen molar-refractivity contribution in [1.82, 2.24) is 0 Å². The van der Waals surface area contributed by atoms with Gasteiger partial charge in [0, 0.05) is 19.7 Å². The van der Waals surface area contributed by atoms with Crippen LogP contribution in [0.5, 0.6) is 5.75 Å². The molecule has 2 aromatic rings. The number of nitrogens with one attached hydrogen (secondary N) is 1. The minimum absolute atomic E-state index is 0.121. The van der Waals surface area contributed by atoms with Crippen LogP contribution >= 0.6 is 43.5 Å². The third-order valence-corrected chi connectivity index (χ3v) is 3.98. The van der Waals surface area contributed by atoms with Crippen molar-refractivity contribution in [3.8, 4) is 5.75 Å². The summed E-state index contributed by atoms with van der Waals surface area (Å²) in [6.45, 7) is -0.121. The molecule has 1 amide bonds. The molecule has 0 aliphatic rings. The first-order chi connectivity index (χ1) is 9.95. The zero-order valence-corrected chi connectivity index (χ0v) is 14.6. The lowest BCUT2D eigenvalue weighted by atomic mass is 10.3. The van der Waals surface area contributed by atoms with Crippen LogP contribution in [0.1, 0.15) is 0 Å². The Morgan fingerprint density at radius 1 is 1.24 bits per heavy atom. The Balaban J connectivity index is 1.99. The zero-order chi connectivity index (χ0) is 15.4. The van der Waals surface area contributed by atoms with Gasteiger partial charge in [0.1, 0.15) is 5.75 Å². The molecule has 4 nitrogen and oxygen atoms in total. The first-order valence-electron chi connectivity index (χ1n) is 5.88. The fraction of sp³-hybridized carbons (Fsp3) is 0.0714. The van der Waals surface area contributed by atoms with Gasteiger partial charge in [0.25, 0.3) is 5.91 Å². The molecule has 0 aliphatic heterocycles. The highest BCUT2D eigenvalue weighted by molar-refractivity contribution is 9.11. The Hall–Kier alpha value is -1.24. The first-order valence-corrected chi connectivity index (χ1v) is 7.85. The maximum absolute atomic E-state index is 11.9. The highest BCUT2D eigenvalue weighted by atomic mass is 79.9. The molecule has 0 spiro atoms. The minimum Gasteiger partial charge on any atom is -0.484 e. The zero-order valence-electron chi connectivity index (χ0n) is 10.7. The van der Waals surface area contributed by atoms with Gasteiger partial charge in [-0.15, -0.1) is 0 Å². The molecule has 0 aliphatic carbocycles. The second-order valence-electron chi connectivity index (χ2n) is 4.15. The van der Waals surface area contributed by atoms with Crippen LogP contribution in [0.3, 0.4) is 0 Å². The molecule has 2 aromatic carbocycles. The average Bonchev–Trinajstić information content (AvgIpc) is 2.40. The second-order valence-corrected chi connectivity index (χ2v) is 6.30. The first kappa shape index (κ1) is 16.1. The quantitative estimate of drug-likeness (QED) is 0.698. The summed E-state index contributed by atoms with van der Waals surface area (Å²) >= 11 is 12.5.